The number of ether oxygens (including phenoxy) is 2. The highest BCUT2D eigenvalue weighted by molar-refractivity contribution is 8.20. The summed E-state index contributed by atoms with van der Waals surface area (Å²) < 4.78 is 27.1. The molecule has 3 unspecified atom stereocenters. The Morgan fingerprint density at radius 1 is 1.21 bits per heavy atom. The Labute approximate surface area is 177 Å². The van der Waals surface area contributed by atoms with Crippen LogP contribution in [0.25, 0.3) is 0 Å². The minimum absolute atomic E-state index is 0.0463. The van der Waals surface area contributed by atoms with E-state index in [1.54, 1.807) is 0 Å². The van der Waals surface area contributed by atoms with Gasteiger partial charge in [-0.05, 0) is 49.5 Å². The minimum atomic E-state index is -1.39. The summed E-state index contributed by atoms with van der Waals surface area (Å²) in [6.07, 6.45) is 7.06. The molecule has 3 nitrogen and oxygen atoms in total. The van der Waals surface area contributed by atoms with Crippen LogP contribution >= 0.6 is 23.5 Å². The summed E-state index contributed by atoms with van der Waals surface area (Å²) in [7, 11) is 0. The fraction of sp³-hybridized carbons (Fsp3) is 0.864. The van der Waals surface area contributed by atoms with Crippen molar-refractivity contribution in [2.75, 3.05) is 24.7 Å². The van der Waals surface area contributed by atoms with E-state index < -0.39 is 12.0 Å². The summed E-state index contributed by atoms with van der Waals surface area (Å²) in [5.74, 6) is 2.10. The summed E-state index contributed by atoms with van der Waals surface area (Å²) in [5.41, 5.74) is 0.0463. The second-order valence-corrected chi connectivity index (χ2v) is 12.3. The Hall–Kier alpha value is -0.0400. The van der Waals surface area contributed by atoms with Gasteiger partial charge in [0.2, 0.25) is 0 Å². The van der Waals surface area contributed by atoms with Crippen LogP contribution in [0.4, 0.5) is 4.39 Å². The topological polar surface area (TPSA) is 35.5 Å². The van der Waals surface area contributed by atoms with E-state index in [0.29, 0.717) is 30.6 Å². The van der Waals surface area contributed by atoms with Gasteiger partial charge in [-0.3, -0.25) is 4.79 Å². The first-order chi connectivity index (χ1) is 13.3. The van der Waals surface area contributed by atoms with E-state index in [-0.39, 0.29) is 23.0 Å². The monoisotopic (exact) mass is 430 g/mol. The molecule has 2 saturated heterocycles. The number of carbonyl (C=O) groups excluding carboxylic acids is 1. The number of hydrogen-bond donors (Lipinski definition) is 0. The van der Waals surface area contributed by atoms with Gasteiger partial charge in [-0.1, -0.05) is 26.8 Å². The Kier molecular flexibility index (Phi) is 7.96. The Morgan fingerprint density at radius 3 is 2.54 bits per heavy atom. The van der Waals surface area contributed by atoms with Gasteiger partial charge in [0.05, 0.1) is 17.8 Å². The second-order valence-electron chi connectivity index (χ2n) is 9.39. The van der Waals surface area contributed by atoms with Gasteiger partial charge in [0.1, 0.15) is 0 Å². The van der Waals surface area contributed by atoms with Crippen molar-refractivity contribution in [2.45, 2.75) is 75.8 Å². The first kappa shape index (κ1) is 22.6. The molecule has 3 atom stereocenters. The van der Waals surface area contributed by atoms with Gasteiger partial charge >= 0.3 is 0 Å². The van der Waals surface area contributed by atoms with Crippen LogP contribution in [-0.4, -0.2) is 47.0 Å². The molecule has 6 heteroatoms. The maximum atomic E-state index is 14.3. The quantitative estimate of drug-likeness (QED) is 0.466. The Bertz CT molecular complexity index is 548. The van der Waals surface area contributed by atoms with E-state index in [1.165, 1.54) is 17.6 Å². The van der Waals surface area contributed by atoms with E-state index in [1.807, 2.05) is 29.6 Å². The van der Waals surface area contributed by atoms with Crippen molar-refractivity contribution < 1.29 is 18.7 Å². The van der Waals surface area contributed by atoms with Crippen molar-refractivity contribution in [3.8, 4) is 0 Å². The fourth-order valence-electron chi connectivity index (χ4n) is 4.49. The molecule has 2 aliphatic heterocycles. The lowest BCUT2D eigenvalue weighted by atomic mass is 9.87. The number of ketones is 1. The lowest BCUT2D eigenvalue weighted by Gasteiger charge is -2.32. The fourth-order valence-corrected chi connectivity index (χ4v) is 7.35. The molecular weight excluding hydrogens is 395 g/mol. The summed E-state index contributed by atoms with van der Waals surface area (Å²) in [6, 6.07) is 0. The zero-order valence-electron chi connectivity index (χ0n) is 17.5. The summed E-state index contributed by atoms with van der Waals surface area (Å²) in [5, 5.41) is 0. The van der Waals surface area contributed by atoms with Crippen molar-refractivity contribution in [2.24, 2.45) is 17.3 Å². The van der Waals surface area contributed by atoms with Gasteiger partial charge in [-0.15, -0.1) is 23.5 Å². The highest BCUT2D eigenvalue weighted by atomic mass is 32.2. The molecule has 0 amide bonds. The molecule has 0 aromatic rings. The predicted molar refractivity (Wildman–Crippen MR) is 117 cm³/mol. The first-order valence-electron chi connectivity index (χ1n) is 10.7. The van der Waals surface area contributed by atoms with E-state index in [4.69, 9.17) is 9.47 Å². The van der Waals surface area contributed by atoms with Gasteiger partial charge in [-0.25, -0.2) is 4.39 Å². The smallest absolute Gasteiger partial charge is 0.189 e. The molecule has 160 valence electrons. The van der Waals surface area contributed by atoms with Crippen LogP contribution in [0.15, 0.2) is 12.2 Å². The zero-order chi connectivity index (χ0) is 20.2. The number of thioether (sulfide) groups is 2. The number of rotatable bonds is 8. The SMILES string of the molecule is CC(C)(C)CCC(F)C(=O)C=CC1CCC2(OCCO2)C1CCC1SCCS1. The van der Waals surface area contributed by atoms with Gasteiger partial charge in [0.25, 0.3) is 0 Å². The molecule has 2 heterocycles. The van der Waals surface area contributed by atoms with Gasteiger partial charge in [-0.2, -0.15) is 0 Å². The van der Waals surface area contributed by atoms with Crippen LogP contribution in [0, 0.1) is 17.3 Å². The number of alkyl halides is 1. The first-order valence-corrected chi connectivity index (χ1v) is 12.8. The van der Waals surface area contributed by atoms with Crippen LogP contribution in [0.5, 0.6) is 0 Å². The van der Waals surface area contributed by atoms with Crippen molar-refractivity contribution in [1.29, 1.82) is 0 Å². The second kappa shape index (κ2) is 9.84. The Balaban J connectivity index is 1.58. The number of carbonyl (C=O) groups is 1. The standard InChI is InChI=1S/C22H35FO3S2/c1-21(2,3)10-9-18(23)19(24)6-4-16-8-11-22(25-12-13-26-22)17(16)5-7-20-27-14-15-28-20/h4,6,16-18,20H,5,7-15H2,1-3H3. The highest BCUT2D eigenvalue weighted by Crippen LogP contribution is 2.50. The van der Waals surface area contributed by atoms with E-state index in [2.05, 4.69) is 20.8 Å². The van der Waals surface area contributed by atoms with Crippen LogP contribution in [0.2, 0.25) is 0 Å². The van der Waals surface area contributed by atoms with E-state index >= 15 is 0 Å². The van der Waals surface area contributed by atoms with Crippen molar-refractivity contribution in [1.82, 2.24) is 0 Å². The van der Waals surface area contributed by atoms with Crippen molar-refractivity contribution in [3.63, 3.8) is 0 Å². The Morgan fingerprint density at radius 2 is 1.89 bits per heavy atom. The third kappa shape index (κ3) is 5.99. The van der Waals surface area contributed by atoms with Crippen LogP contribution < -0.4 is 0 Å². The molecule has 0 radical (unpaired) electrons. The van der Waals surface area contributed by atoms with Crippen LogP contribution in [-0.2, 0) is 14.3 Å². The van der Waals surface area contributed by atoms with Gasteiger partial charge in [0, 0.05) is 23.8 Å². The maximum absolute atomic E-state index is 14.3. The van der Waals surface area contributed by atoms with Crippen molar-refractivity contribution in [3.05, 3.63) is 12.2 Å². The summed E-state index contributed by atoms with van der Waals surface area (Å²) in [4.78, 5) is 12.3. The van der Waals surface area contributed by atoms with Crippen LogP contribution in [0.1, 0.15) is 59.3 Å². The predicted octanol–water partition coefficient (Wildman–Crippen LogP) is 5.63. The lowest BCUT2D eigenvalue weighted by Crippen LogP contribution is -2.36. The number of allylic oxidation sites excluding steroid dienone is 2. The number of halogens is 1. The zero-order valence-corrected chi connectivity index (χ0v) is 19.1. The summed E-state index contributed by atoms with van der Waals surface area (Å²) in [6.45, 7) is 7.53. The van der Waals surface area contributed by atoms with Crippen LogP contribution in [0.3, 0.4) is 0 Å². The average Bonchev–Trinajstić information content (AvgIpc) is 3.38. The normalized spacial score (nSPS) is 29.3. The highest BCUT2D eigenvalue weighted by Gasteiger charge is 2.51. The number of hydrogen-bond acceptors (Lipinski definition) is 5. The average molecular weight is 431 g/mol. The molecule has 0 aromatic heterocycles. The third-order valence-corrected chi connectivity index (χ3v) is 9.22. The molecule has 1 aliphatic carbocycles. The molecule has 0 N–H and O–H groups in total. The molecule has 28 heavy (non-hydrogen) atoms. The van der Waals surface area contributed by atoms with Crippen molar-refractivity contribution >= 4 is 29.3 Å². The van der Waals surface area contributed by atoms with E-state index in [9.17, 15) is 9.18 Å². The molecular formula is C22H35FO3S2. The minimum Gasteiger partial charge on any atom is -0.347 e. The van der Waals surface area contributed by atoms with Gasteiger partial charge in [0.15, 0.2) is 17.7 Å². The van der Waals surface area contributed by atoms with Gasteiger partial charge < -0.3 is 9.47 Å². The third-order valence-electron chi connectivity index (χ3n) is 6.05. The lowest BCUT2D eigenvalue weighted by molar-refractivity contribution is -0.185. The molecule has 1 spiro atoms. The molecule has 3 rings (SSSR count). The molecule has 0 aromatic carbocycles. The molecule has 0 bridgehead atoms. The summed E-state index contributed by atoms with van der Waals surface area (Å²) >= 11 is 4.09. The largest absolute Gasteiger partial charge is 0.347 e. The maximum Gasteiger partial charge on any atom is 0.189 e. The molecule has 3 fully saturated rings. The van der Waals surface area contributed by atoms with E-state index in [0.717, 1.165) is 25.7 Å². The molecule has 3 aliphatic rings. The molecule has 1 saturated carbocycles.